The molecule has 180 valence electrons. The molecule has 0 saturated carbocycles. The van der Waals surface area contributed by atoms with Crippen molar-refractivity contribution >= 4 is 41.2 Å². The molecule has 3 aromatic carbocycles. The second-order valence-electron chi connectivity index (χ2n) is 7.76. The Kier molecular flexibility index (Phi) is 9.61. The van der Waals surface area contributed by atoms with E-state index in [1.807, 2.05) is 61.5 Å². The molecule has 0 heterocycles. The Bertz CT molecular complexity index is 1080. The molecule has 34 heavy (non-hydrogen) atoms. The SMILES string of the molecule is C[C@H](CCOC(=O)CS)[C@@H](OC(=O)Nc1cccc2ccccc12)c1ccc(OCCO)cc1. The molecule has 0 spiro atoms. The summed E-state index contributed by atoms with van der Waals surface area (Å²) >= 11 is 3.91. The molecular formula is C26H29NO6S. The molecule has 0 radical (unpaired) electrons. The summed E-state index contributed by atoms with van der Waals surface area (Å²) in [6.45, 7) is 2.24. The van der Waals surface area contributed by atoms with Crippen molar-refractivity contribution in [2.75, 3.05) is 30.9 Å². The third-order valence-electron chi connectivity index (χ3n) is 5.31. The Morgan fingerprint density at radius 1 is 1.00 bits per heavy atom. The zero-order valence-electron chi connectivity index (χ0n) is 19.0. The van der Waals surface area contributed by atoms with Crippen LogP contribution in [0.15, 0.2) is 66.7 Å². The first-order chi connectivity index (χ1) is 16.5. The van der Waals surface area contributed by atoms with E-state index in [0.29, 0.717) is 17.9 Å². The number of carbonyl (C=O) groups is 2. The minimum absolute atomic E-state index is 0.0110. The van der Waals surface area contributed by atoms with Crippen LogP contribution in [0.25, 0.3) is 10.8 Å². The van der Waals surface area contributed by atoms with Gasteiger partial charge in [-0.3, -0.25) is 10.1 Å². The number of amides is 1. The predicted octanol–water partition coefficient (Wildman–Crippen LogP) is 5.00. The van der Waals surface area contributed by atoms with Crippen molar-refractivity contribution in [2.24, 2.45) is 5.92 Å². The largest absolute Gasteiger partial charge is 0.491 e. The van der Waals surface area contributed by atoms with Crippen LogP contribution in [0.2, 0.25) is 0 Å². The number of ether oxygens (including phenoxy) is 3. The van der Waals surface area contributed by atoms with Crippen LogP contribution in [-0.4, -0.2) is 42.7 Å². The van der Waals surface area contributed by atoms with Gasteiger partial charge in [0, 0.05) is 11.3 Å². The number of esters is 1. The molecule has 3 aromatic rings. The van der Waals surface area contributed by atoms with E-state index in [4.69, 9.17) is 19.3 Å². The van der Waals surface area contributed by atoms with Gasteiger partial charge in [-0.05, 0) is 35.6 Å². The summed E-state index contributed by atoms with van der Waals surface area (Å²) in [5.74, 6) is 0.0752. The van der Waals surface area contributed by atoms with E-state index in [2.05, 4.69) is 17.9 Å². The topological polar surface area (TPSA) is 94.1 Å². The molecule has 2 N–H and O–H groups in total. The van der Waals surface area contributed by atoms with Crippen LogP contribution in [-0.2, 0) is 14.3 Å². The number of carbonyl (C=O) groups excluding carboxylic acids is 2. The number of rotatable bonds is 11. The average molecular weight is 484 g/mol. The Labute approximate surface area is 204 Å². The third-order valence-corrected chi connectivity index (χ3v) is 5.57. The van der Waals surface area contributed by atoms with Crippen LogP contribution in [0.1, 0.15) is 25.0 Å². The zero-order valence-corrected chi connectivity index (χ0v) is 19.9. The van der Waals surface area contributed by atoms with Gasteiger partial charge in [-0.25, -0.2) is 4.79 Å². The van der Waals surface area contributed by atoms with Crippen LogP contribution >= 0.6 is 12.6 Å². The highest BCUT2D eigenvalue weighted by Crippen LogP contribution is 2.31. The highest BCUT2D eigenvalue weighted by molar-refractivity contribution is 7.81. The number of fused-ring (bicyclic) bond motifs is 1. The van der Waals surface area contributed by atoms with E-state index >= 15 is 0 Å². The standard InChI is InChI=1S/C26H29NO6S/c1-18(13-15-32-24(29)17-34)25(20-9-11-21(12-10-20)31-16-14-28)33-26(30)27-23-8-4-6-19-5-2-3-7-22(19)23/h2-12,18,25,28,34H,13-17H2,1H3,(H,27,30)/t18-,25-/m1/s1. The van der Waals surface area contributed by atoms with Crippen molar-refractivity contribution in [1.82, 2.24) is 0 Å². The van der Waals surface area contributed by atoms with Gasteiger partial charge in [-0.15, -0.1) is 0 Å². The number of nitrogens with one attached hydrogen (secondary N) is 1. The minimum atomic E-state index is -0.587. The number of benzene rings is 3. The summed E-state index contributed by atoms with van der Waals surface area (Å²) in [5, 5.41) is 13.7. The summed E-state index contributed by atoms with van der Waals surface area (Å²) in [6, 6.07) is 20.6. The maximum Gasteiger partial charge on any atom is 0.412 e. The van der Waals surface area contributed by atoms with Gasteiger partial charge >= 0.3 is 12.1 Å². The molecule has 7 nitrogen and oxygen atoms in total. The molecule has 0 unspecified atom stereocenters. The lowest BCUT2D eigenvalue weighted by Crippen LogP contribution is -2.23. The van der Waals surface area contributed by atoms with E-state index in [-0.39, 0.29) is 31.5 Å². The fraction of sp³-hybridized carbons (Fsp3) is 0.308. The van der Waals surface area contributed by atoms with Gasteiger partial charge in [0.25, 0.3) is 0 Å². The maximum absolute atomic E-state index is 12.9. The highest BCUT2D eigenvalue weighted by Gasteiger charge is 2.24. The molecule has 1 amide bonds. The van der Waals surface area contributed by atoms with Crippen molar-refractivity contribution in [1.29, 1.82) is 0 Å². The highest BCUT2D eigenvalue weighted by atomic mass is 32.1. The fourth-order valence-corrected chi connectivity index (χ4v) is 3.67. The van der Waals surface area contributed by atoms with Crippen molar-refractivity contribution < 1.29 is 28.9 Å². The Morgan fingerprint density at radius 2 is 1.74 bits per heavy atom. The molecule has 0 aliphatic rings. The maximum atomic E-state index is 12.9. The van der Waals surface area contributed by atoms with E-state index in [1.54, 1.807) is 12.1 Å². The first-order valence-corrected chi connectivity index (χ1v) is 11.7. The molecular weight excluding hydrogens is 454 g/mol. The summed E-state index contributed by atoms with van der Waals surface area (Å²) in [6.07, 6.45) is -0.674. The molecule has 3 rings (SSSR count). The third kappa shape index (κ3) is 7.13. The zero-order chi connectivity index (χ0) is 24.3. The van der Waals surface area contributed by atoms with Crippen molar-refractivity contribution in [2.45, 2.75) is 19.4 Å². The van der Waals surface area contributed by atoms with E-state index in [9.17, 15) is 9.59 Å². The number of hydrogen-bond donors (Lipinski definition) is 3. The van der Waals surface area contributed by atoms with Crippen LogP contribution in [0.4, 0.5) is 10.5 Å². The molecule has 0 saturated heterocycles. The summed E-state index contributed by atoms with van der Waals surface area (Å²) in [5.41, 5.74) is 1.43. The van der Waals surface area contributed by atoms with Crippen LogP contribution < -0.4 is 10.1 Å². The normalized spacial score (nSPS) is 12.6. The first-order valence-electron chi connectivity index (χ1n) is 11.1. The van der Waals surface area contributed by atoms with Gasteiger partial charge < -0.3 is 19.3 Å². The van der Waals surface area contributed by atoms with Gasteiger partial charge in [0.2, 0.25) is 0 Å². The number of hydrogen-bond acceptors (Lipinski definition) is 7. The van der Waals surface area contributed by atoms with E-state index < -0.39 is 18.2 Å². The van der Waals surface area contributed by atoms with Crippen molar-refractivity contribution in [3.8, 4) is 5.75 Å². The number of aliphatic hydroxyl groups excluding tert-OH is 1. The molecule has 8 heteroatoms. The smallest absolute Gasteiger partial charge is 0.412 e. The molecule has 0 aliphatic heterocycles. The van der Waals surface area contributed by atoms with Crippen LogP contribution in [0, 0.1) is 5.92 Å². The molecule has 0 fully saturated rings. The van der Waals surface area contributed by atoms with Crippen molar-refractivity contribution in [3.63, 3.8) is 0 Å². The summed E-state index contributed by atoms with van der Waals surface area (Å²) < 4.78 is 16.4. The van der Waals surface area contributed by atoms with Gasteiger partial charge in [-0.1, -0.05) is 55.5 Å². The minimum Gasteiger partial charge on any atom is -0.491 e. The predicted molar refractivity (Wildman–Crippen MR) is 134 cm³/mol. The van der Waals surface area contributed by atoms with E-state index in [1.165, 1.54) is 0 Å². The Morgan fingerprint density at radius 3 is 2.47 bits per heavy atom. The summed E-state index contributed by atoms with van der Waals surface area (Å²) in [7, 11) is 0. The van der Waals surface area contributed by atoms with Gasteiger partial charge in [0.1, 0.15) is 18.5 Å². The fourth-order valence-electron chi connectivity index (χ4n) is 3.57. The number of anilines is 1. The van der Waals surface area contributed by atoms with Crippen LogP contribution in [0.3, 0.4) is 0 Å². The quantitative estimate of drug-likeness (QED) is 0.263. The average Bonchev–Trinajstić information content (AvgIpc) is 2.86. The van der Waals surface area contributed by atoms with Gasteiger partial charge in [-0.2, -0.15) is 12.6 Å². The number of aliphatic hydroxyl groups is 1. The second-order valence-corrected chi connectivity index (χ2v) is 8.08. The first kappa shape index (κ1) is 25.4. The monoisotopic (exact) mass is 483 g/mol. The molecule has 0 bridgehead atoms. The number of thiol groups is 1. The lowest BCUT2D eigenvalue weighted by molar-refractivity contribution is -0.141. The lowest BCUT2D eigenvalue weighted by atomic mass is 9.94. The summed E-state index contributed by atoms with van der Waals surface area (Å²) in [4.78, 5) is 24.3. The molecule has 0 aromatic heterocycles. The lowest BCUT2D eigenvalue weighted by Gasteiger charge is -2.25. The Balaban J connectivity index is 1.75. The molecule has 0 aliphatic carbocycles. The second kappa shape index (κ2) is 12.9. The molecule has 2 atom stereocenters. The van der Waals surface area contributed by atoms with Gasteiger partial charge in [0.05, 0.1) is 24.7 Å². The Hall–Kier alpha value is -3.23. The van der Waals surface area contributed by atoms with Gasteiger partial charge in [0.15, 0.2) is 0 Å². The van der Waals surface area contributed by atoms with Crippen molar-refractivity contribution in [3.05, 3.63) is 72.3 Å². The van der Waals surface area contributed by atoms with Crippen LogP contribution in [0.5, 0.6) is 5.75 Å². The van der Waals surface area contributed by atoms with E-state index in [0.717, 1.165) is 16.3 Å².